The molecule has 5 heteroatoms. The number of rotatable bonds is 9. The van der Waals surface area contributed by atoms with Gasteiger partial charge in [-0.05, 0) is 12.3 Å². The highest BCUT2D eigenvalue weighted by molar-refractivity contribution is 5.81. The van der Waals surface area contributed by atoms with Crippen LogP contribution in [0, 0.1) is 5.92 Å². The number of alkyl halides is 3. The Bertz CT molecular complexity index is 229. The first kappa shape index (κ1) is 17.3. The topological polar surface area (TPSA) is 29.1 Å². The summed E-state index contributed by atoms with van der Waals surface area (Å²) < 4.78 is 35.5. The predicted octanol–water partition coefficient (Wildman–Crippen LogP) is 4.05. The van der Waals surface area contributed by atoms with Gasteiger partial charge in [-0.25, -0.2) is 0 Å². The lowest BCUT2D eigenvalue weighted by atomic mass is 9.94. The molecule has 1 N–H and O–H groups in total. The van der Waals surface area contributed by atoms with Crippen LogP contribution in [0.3, 0.4) is 0 Å². The molecular formula is C13H24F3NO. The minimum absolute atomic E-state index is 0.114. The van der Waals surface area contributed by atoms with Crippen molar-refractivity contribution in [1.29, 1.82) is 0 Å². The molecule has 0 radical (unpaired) electrons. The third-order valence-electron chi connectivity index (χ3n) is 3.11. The smallest absolute Gasteiger partial charge is 0.348 e. The number of amides is 1. The Balaban J connectivity index is 3.49. The molecule has 1 amide bonds. The van der Waals surface area contributed by atoms with E-state index in [1.165, 1.54) is 19.3 Å². The van der Waals surface area contributed by atoms with Crippen molar-refractivity contribution < 1.29 is 18.0 Å². The van der Waals surface area contributed by atoms with E-state index in [0.717, 1.165) is 25.2 Å². The summed E-state index contributed by atoms with van der Waals surface area (Å²) in [6, 6.07) is 0. The Kier molecular flexibility index (Phi) is 8.85. The number of carbonyl (C=O) groups excluding carboxylic acids is 1. The quantitative estimate of drug-likeness (QED) is 0.627. The number of hydrogen-bond donors (Lipinski definition) is 1. The van der Waals surface area contributed by atoms with Crippen LogP contribution >= 0.6 is 0 Å². The van der Waals surface area contributed by atoms with Crippen molar-refractivity contribution in [2.24, 2.45) is 5.92 Å². The molecule has 0 aliphatic heterocycles. The van der Waals surface area contributed by atoms with Gasteiger partial charge in [-0.3, -0.25) is 4.79 Å². The average Bonchev–Trinajstić information content (AvgIpc) is 2.30. The molecule has 1 atom stereocenters. The lowest BCUT2D eigenvalue weighted by Gasteiger charge is -2.13. The molecule has 0 aromatic rings. The summed E-state index contributed by atoms with van der Waals surface area (Å²) in [5.41, 5.74) is 0. The highest BCUT2D eigenvalue weighted by atomic mass is 19.4. The number of halogens is 3. The van der Waals surface area contributed by atoms with Crippen molar-refractivity contribution in [3.05, 3.63) is 0 Å². The summed E-state index contributed by atoms with van der Waals surface area (Å²) in [5, 5.41) is 1.89. The van der Waals surface area contributed by atoms with E-state index in [2.05, 4.69) is 13.8 Å². The minimum atomic E-state index is -4.76. The van der Waals surface area contributed by atoms with Gasteiger partial charge in [-0.1, -0.05) is 52.4 Å². The van der Waals surface area contributed by atoms with Crippen molar-refractivity contribution in [3.8, 4) is 0 Å². The molecule has 0 aliphatic rings. The van der Waals surface area contributed by atoms with Crippen molar-refractivity contribution in [2.75, 3.05) is 6.54 Å². The standard InChI is InChI=1S/C13H24F3NO/c1-3-8-11(4-2)9-6-5-7-10-17-12(18)13(14,15)16/h11H,3-10H2,1-2H3,(H,17,18). The molecule has 2 nitrogen and oxygen atoms in total. The Morgan fingerprint density at radius 2 is 1.78 bits per heavy atom. The summed E-state index contributed by atoms with van der Waals surface area (Å²) in [6.07, 6.45) is 2.47. The predicted molar refractivity (Wildman–Crippen MR) is 66.2 cm³/mol. The fraction of sp³-hybridized carbons (Fsp3) is 0.923. The SMILES string of the molecule is CCCC(CC)CCCCCNC(=O)C(F)(F)F. The van der Waals surface area contributed by atoms with E-state index in [0.29, 0.717) is 6.42 Å². The van der Waals surface area contributed by atoms with Crippen LogP contribution < -0.4 is 5.32 Å². The van der Waals surface area contributed by atoms with E-state index in [9.17, 15) is 18.0 Å². The normalized spacial score (nSPS) is 13.4. The van der Waals surface area contributed by atoms with Crippen molar-refractivity contribution >= 4 is 5.91 Å². The van der Waals surface area contributed by atoms with Crippen LogP contribution in [0.5, 0.6) is 0 Å². The number of carbonyl (C=O) groups is 1. The van der Waals surface area contributed by atoms with Crippen molar-refractivity contribution in [2.45, 2.75) is 65.0 Å². The summed E-state index contributed by atoms with van der Waals surface area (Å²) in [5.74, 6) is -1.10. The monoisotopic (exact) mass is 267 g/mol. The molecule has 108 valence electrons. The molecule has 0 aliphatic carbocycles. The Morgan fingerprint density at radius 3 is 2.28 bits per heavy atom. The first-order valence-corrected chi connectivity index (χ1v) is 6.76. The Hall–Kier alpha value is -0.740. The van der Waals surface area contributed by atoms with Gasteiger partial charge >= 0.3 is 12.1 Å². The van der Waals surface area contributed by atoms with Crippen LogP contribution in [-0.2, 0) is 4.79 Å². The zero-order valence-electron chi connectivity index (χ0n) is 11.3. The second-order valence-corrected chi connectivity index (χ2v) is 4.67. The fourth-order valence-electron chi connectivity index (χ4n) is 2.00. The van der Waals surface area contributed by atoms with Crippen LogP contribution in [0.4, 0.5) is 13.2 Å². The van der Waals surface area contributed by atoms with Crippen LogP contribution in [0.25, 0.3) is 0 Å². The van der Waals surface area contributed by atoms with Crippen molar-refractivity contribution in [3.63, 3.8) is 0 Å². The zero-order chi connectivity index (χ0) is 14.0. The first-order valence-electron chi connectivity index (χ1n) is 6.76. The highest BCUT2D eigenvalue weighted by Gasteiger charge is 2.38. The number of unbranched alkanes of at least 4 members (excludes halogenated alkanes) is 2. The summed E-state index contributed by atoms with van der Waals surface area (Å²) in [7, 11) is 0. The number of hydrogen-bond acceptors (Lipinski definition) is 1. The van der Waals surface area contributed by atoms with Crippen LogP contribution in [0.15, 0.2) is 0 Å². The van der Waals surface area contributed by atoms with Gasteiger partial charge in [0.15, 0.2) is 0 Å². The van der Waals surface area contributed by atoms with Gasteiger partial charge in [0, 0.05) is 6.54 Å². The van der Waals surface area contributed by atoms with Crippen LogP contribution in [0.2, 0.25) is 0 Å². The Labute approximate surface area is 107 Å². The minimum Gasteiger partial charge on any atom is -0.348 e. The summed E-state index contributed by atoms with van der Waals surface area (Å²) in [6.45, 7) is 4.45. The third kappa shape index (κ3) is 8.37. The molecular weight excluding hydrogens is 243 g/mol. The molecule has 0 aromatic heterocycles. The average molecular weight is 267 g/mol. The molecule has 0 spiro atoms. The maximum absolute atomic E-state index is 11.8. The van der Waals surface area contributed by atoms with E-state index >= 15 is 0 Å². The van der Waals surface area contributed by atoms with Gasteiger partial charge < -0.3 is 5.32 Å². The maximum atomic E-state index is 11.8. The number of nitrogens with one attached hydrogen (secondary N) is 1. The first-order chi connectivity index (χ1) is 8.41. The van der Waals surface area contributed by atoms with Gasteiger partial charge in [-0.15, -0.1) is 0 Å². The molecule has 18 heavy (non-hydrogen) atoms. The third-order valence-corrected chi connectivity index (χ3v) is 3.11. The lowest BCUT2D eigenvalue weighted by Crippen LogP contribution is -2.37. The van der Waals surface area contributed by atoms with Crippen LogP contribution in [0.1, 0.15) is 58.8 Å². The van der Waals surface area contributed by atoms with Gasteiger partial charge in [0.1, 0.15) is 0 Å². The Morgan fingerprint density at radius 1 is 1.11 bits per heavy atom. The van der Waals surface area contributed by atoms with E-state index in [4.69, 9.17) is 0 Å². The summed E-state index contributed by atoms with van der Waals surface area (Å²) in [4.78, 5) is 10.5. The van der Waals surface area contributed by atoms with Crippen molar-refractivity contribution in [1.82, 2.24) is 5.32 Å². The van der Waals surface area contributed by atoms with Gasteiger partial charge in [0.05, 0.1) is 0 Å². The van der Waals surface area contributed by atoms with E-state index in [-0.39, 0.29) is 6.54 Å². The summed E-state index contributed by atoms with van der Waals surface area (Å²) >= 11 is 0. The molecule has 0 fully saturated rings. The lowest BCUT2D eigenvalue weighted by molar-refractivity contribution is -0.173. The van der Waals surface area contributed by atoms with E-state index in [1.54, 1.807) is 0 Å². The second-order valence-electron chi connectivity index (χ2n) is 4.67. The van der Waals surface area contributed by atoms with Gasteiger partial charge in [0.25, 0.3) is 0 Å². The van der Waals surface area contributed by atoms with Gasteiger partial charge in [0.2, 0.25) is 0 Å². The molecule has 0 saturated carbocycles. The van der Waals surface area contributed by atoms with Crippen LogP contribution in [-0.4, -0.2) is 18.6 Å². The molecule has 0 heterocycles. The second kappa shape index (κ2) is 9.22. The largest absolute Gasteiger partial charge is 0.471 e. The van der Waals surface area contributed by atoms with E-state index in [1.807, 2.05) is 5.32 Å². The fourth-order valence-corrected chi connectivity index (χ4v) is 2.00. The molecule has 0 bridgehead atoms. The molecule has 1 unspecified atom stereocenters. The maximum Gasteiger partial charge on any atom is 0.471 e. The molecule has 0 saturated heterocycles. The van der Waals surface area contributed by atoms with E-state index < -0.39 is 12.1 Å². The highest BCUT2D eigenvalue weighted by Crippen LogP contribution is 2.18. The van der Waals surface area contributed by atoms with Gasteiger partial charge in [-0.2, -0.15) is 13.2 Å². The molecule has 0 rings (SSSR count). The zero-order valence-corrected chi connectivity index (χ0v) is 11.3. The molecule has 0 aromatic carbocycles.